The predicted octanol–water partition coefficient (Wildman–Crippen LogP) is 2.83. The molecule has 1 saturated heterocycles. The molecule has 0 radical (unpaired) electrons. The zero-order chi connectivity index (χ0) is 22.2. The summed E-state index contributed by atoms with van der Waals surface area (Å²) in [4.78, 5) is 22.0. The van der Waals surface area contributed by atoms with Crippen LogP contribution in [-0.4, -0.2) is 59.5 Å². The normalized spacial score (nSPS) is 18.2. The van der Waals surface area contributed by atoms with Crippen LogP contribution in [0.4, 0.5) is 22.0 Å². The van der Waals surface area contributed by atoms with Gasteiger partial charge in [-0.15, -0.1) is 0 Å². The summed E-state index contributed by atoms with van der Waals surface area (Å²) in [5.74, 6) is 1.33. The van der Waals surface area contributed by atoms with Crippen LogP contribution in [0.15, 0.2) is 30.6 Å². The quantitative estimate of drug-likeness (QED) is 0.655. The third-order valence-corrected chi connectivity index (χ3v) is 6.03. The number of nitrogens with one attached hydrogen (secondary N) is 2. The van der Waals surface area contributed by atoms with Gasteiger partial charge in [-0.05, 0) is 45.4 Å². The Morgan fingerprint density at radius 3 is 3.03 bits per heavy atom. The van der Waals surface area contributed by atoms with E-state index in [9.17, 15) is 4.79 Å². The summed E-state index contributed by atoms with van der Waals surface area (Å²) in [6.07, 6.45) is 4.41. The molecule has 0 unspecified atom stereocenters. The highest BCUT2D eigenvalue weighted by Gasteiger charge is 2.31. The number of ether oxygens (including phenoxy) is 1. The number of urea groups is 1. The van der Waals surface area contributed by atoms with E-state index in [4.69, 9.17) is 4.74 Å². The molecule has 1 atom stereocenters. The van der Waals surface area contributed by atoms with Crippen molar-refractivity contribution < 1.29 is 9.53 Å². The molecule has 9 nitrogen and oxygen atoms in total. The van der Waals surface area contributed by atoms with Crippen LogP contribution in [-0.2, 0) is 6.42 Å². The van der Waals surface area contributed by atoms with E-state index in [-0.39, 0.29) is 6.03 Å². The number of piperazine rings is 1. The van der Waals surface area contributed by atoms with Gasteiger partial charge in [0.05, 0.1) is 29.7 Å². The van der Waals surface area contributed by atoms with Crippen LogP contribution in [0.3, 0.4) is 0 Å². The van der Waals surface area contributed by atoms with E-state index in [0.717, 1.165) is 48.6 Å². The largest absolute Gasteiger partial charge is 0.490 e. The predicted molar refractivity (Wildman–Crippen MR) is 125 cm³/mol. The van der Waals surface area contributed by atoms with Crippen LogP contribution < -0.4 is 25.2 Å². The molecule has 0 spiro atoms. The molecule has 168 valence electrons. The number of hydrogen-bond acceptors (Lipinski definition) is 6. The van der Waals surface area contributed by atoms with Crippen molar-refractivity contribution >= 4 is 28.7 Å². The van der Waals surface area contributed by atoms with Crippen molar-refractivity contribution in [3.63, 3.8) is 0 Å². The molecular weight excluding hydrogens is 406 g/mol. The first-order valence-corrected chi connectivity index (χ1v) is 11.2. The van der Waals surface area contributed by atoms with Crippen molar-refractivity contribution in [2.24, 2.45) is 0 Å². The minimum absolute atomic E-state index is 0.205. The molecule has 1 fully saturated rings. The van der Waals surface area contributed by atoms with Crippen LogP contribution >= 0.6 is 0 Å². The van der Waals surface area contributed by atoms with Crippen LogP contribution in [0.5, 0.6) is 5.75 Å². The van der Waals surface area contributed by atoms with E-state index in [1.807, 2.05) is 26.0 Å². The lowest BCUT2D eigenvalue weighted by atomic mass is 10.1. The zero-order valence-corrected chi connectivity index (χ0v) is 18.8. The number of hydrogen-bond donors (Lipinski definition) is 2. The second-order valence-corrected chi connectivity index (χ2v) is 8.40. The molecule has 2 aliphatic rings. The Morgan fingerprint density at radius 2 is 2.22 bits per heavy atom. The van der Waals surface area contributed by atoms with Crippen molar-refractivity contribution in [3.8, 4) is 5.75 Å². The third kappa shape index (κ3) is 3.73. The highest BCUT2D eigenvalue weighted by atomic mass is 16.5. The summed E-state index contributed by atoms with van der Waals surface area (Å²) in [6.45, 7) is 10.0. The van der Waals surface area contributed by atoms with Gasteiger partial charge in [0.1, 0.15) is 5.82 Å². The monoisotopic (exact) mass is 435 g/mol. The average molecular weight is 436 g/mol. The van der Waals surface area contributed by atoms with E-state index < -0.39 is 0 Å². The van der Waals surface area contributed by atoms with Gasteiger partial charge in [-0.1, -0.05) is 0 Å². The standard InChI is InChI=1S/C23H29N7O2/c1-4-32-21-14-30-17(11-15(2)27-30)12-19(21)26-23(31)29-9-6-18-20(5-7-25-22(18)29)28-10-8-24-16(3)13-28/h5,7,11-12,14,16,24H,4,6,8-10,13H2,1-3H3,(H,26,31)/t16-/m0/s1. The Morgan fingerprint density at radius 1 is 1.34 bits per heavy atom. The number of carbonyl (C=O) groups is 1. The van der Waals surface area contributed by atoms with E-state index in [1.165, 1.54) is 5.69 Å². The Hall–Kier alpha value is -3.33. The Labute approximate surface area is 187 Å². The van der Waals surface area contributed by atoms with Gasteiger partial charge in [0.15, 0.2) is 5.75 Å². The number of carbonyl (C=O) groups excluding carboxylic acids is 1. The smallest absolute Gasteiger partial charge is 0.327 e. The summed E-state index contributed by atoms with van der Waals surface area (Å²) in [7, 11) is 0. The molecule has 2 N–H and O–H groups in total. The van der Waals surface area contributed by atoms with E-state index in [0.29, 0.717) is 30.6 Å². The fourth-order valence-corrected chi connectivity index (χ4v) is 4.62. The van der Waals surface area contributed by atoms with Crippen molar-refractivity contribution in [2.75, 3.05) is 47.9 Å². The van der Waals surface area contributed by atoms with E-state index in [1.54, 1.807) is 21.8 Å². The topological polar surface area (TPSA) is 87.0 Å². The number of nitrogens with zero attached hydrogens (tertiary/aromatic N) is 5. The van der Waals surface area contributed by atoms with Gasteiger partial charge in [-0.25, -0.2) is 14.3 Å². The number of pyridine rings is 2. The Kier molecular flexibility index (Phi) is 5.34. The van der Waals surface area contributed by atoms with Crippen LogP contribution in [0, 0.1) is 6.92 Å². The summed E-state index contributed by atoms with van der Waals surface area (Å²) in [5, 5.41) is 11.0. The summed E-state index contributed by atoms with van der Waals surface area (Å²) >= 11 is 0. The lowest BCUT2D eigenvalue weighted by Crippen LogP contribution is -2.49. The van der Waals surface area contributed by atoms with Crippen LogP contribution in [0.1, 0.15) is 25.1 Å². The van der Waals surface area contributed by atoms with Crippen molar-refractivity contribution in [2.45, 2.75) is 33.2 Å². The Balaban J connectivity index is 1.41. The van der Waals surface area contributed by atoms with Crippen LogP contribution in [0.2, 0.25) is 0 Å². The first kappa shape index (κ1) is 20.6. The molecule has 2 aliphatic heterocycles. The summed E-state index contributed by atoms with van der Waals surface area (Å²) in [5.41, 5.74) is 4.76. The third-order valence-electron chi connectivity index (χ3n) is 6.03. The molecule has 3 aromatic rings. The molecule has 9 heteroatoms. The van der Waals surface area contributed by atoms with Crippen molar-refractivity contribution in [1.29, 1.82) is 0 Å². The second-order valence-electron chi connectivity index (χ2n) is 8.40. The molecule has 0 aliphatic carbocycles. The van der Waals surface area contributed by atoms with Gasteiger partial charge in [-0.3, -0.25) is 4.90 Å². The van der Waals surface area contributed by atoms with Gasteiger partial charge in [0, 0.05) is 49.7 Å². The van der Waals surface area contributed by atoms with Gasteiger partial charge in [-0.2, -0.15) is 5.10 Å². The first-order valence-electron chi connectivity index (χ1n) is 11.2. The van der Waals surface area contributed by atoms with Crippen molar-refractivity contribution in [3.05, 3.63) is 41.9 Å². The molecular formula is C23H29N7O2. The zero-order valence-electron chi connectivity index (χ0n) is 18.8. The van der Waals surface area contributed by atoms with Crippen LogP contribution in [0.25, 0.3) is 5.52 Å². The molecule has 0 saturated carbocycles. The van der Waals surface area contributed by atoms with Crippen molar-refractivity contribution in [1.82, 2.24) is 19.9 Å². The number of rotatable bonds is 4. The fraction of sp³-hybridized carbons (Fsp3) is 0.435. The lowest BCUT2D eigenvalue weighted by Gasteiger charge is -2.34. The summed E-state index contributed by atoms with van der Waals surface area (Å²) in [6, 6.07) is 6.17. The molecule has 32 heavy (non-hydrogen) atoms. The number of aryl methyl sites for hydroxylation is 1. The number of fused-ring (bicyclic) bond motifs is 2. The second kappa shape index (κ2) is 8.31. The van der Waals surface area contributed by atoms with Gasteiger partial charge < -0.3 is 20.3 Å². The molecule has 0 bridgehead atoms. The minimum Gasteiger partial charge on any atom is -0.490 e. The first-order chi connectivity index (χ1) is 15.5. The Bertz CT molecular complexity index is 1160. The molecule has 5 rings (SSSR count). The number of amides is 2. The van der Waals surface area contributed by atoms with E-state index >= 15 is 0 Å². The molecule has 5 heterocycles. The SMILES string of the molecule is CCOc1cn2nc(C)cc2cc1NC(=O)N1CCc2c(N3CCN[C@@H](C)C3)ccnc21. The molecule has 0 aromatic carbocycles. The van der Waals surface area contributed by atoms with Gasteiger partial charge >= 0.3 is 6.03 Å². The average Bonchev–Trinajstić information content (AvgIpc) is 3.36. The molecule has 3 aromatic heterocycles. The van der Waals surface area contributed by atoms with Gasteiger partial charge in [0.25, 0.3) is 0 Å². The summed E-state index contributed by atoms with van der Waals surface area (Å²) < 4.78 is 7.54. The maximum atomic E-state index is 13.3. The maximum absolute atomic E-state index is 13.3. The number of aromatic nitrogens is 3. The fourth-order valence-electron chi connectivity index (χ4n) is 4.62. The minimum atomic E-state index is -0.205. The lowest BCUT2D eigenvalue weighted by molar-refractivity contribution is 0.257. The highest BCUT2D eigenvalue weighted by Crippen LogP contribution is 2.35. The van der Waals surface area contributed by atoms with Gasteiger partial charge in [0.2, 0.25) is 0 Å². The maximum Gasteiger partial charge on any atom is 0.327 e. The highest BCUT2D eigenvalue weighted by molar-refractivity contribution is 6.04. The molecule has 2 amide bonds. The van der Waals surface area contributed by atoms with E-state index in [2.05, 4.69) is 38.6 Å². The number of anilines is 3.